The molecule has 136 valence electrons. The number of para-hydroxylation sites is 2. The highest BCUT2D eigenvalue weighted by atomic mass is 15.3. The predicted octanol–water partition coefficient (Wildman–Crippen LogP) is 2.32. The summed E-state index contributed by atoms with van der Waals surface area (Å²) in [5.41, 5.74) is 4.76. The number of hydrogen-bond acceptors (Lipinski definition) is 4. The maximum absolute atomic E-state index is 4.80. The van der Waals surface area contributed by atoms with Crippen molar-refractivity contribution in [3.8, 4) is 0 Å². The molecule has 2 N–H and O–H groups in total. The van der Waals surface area contributed by atoms with Crippen molar-refractivity contribution in [1.82, 2.24) is 30.0 Å². The summed E-state index contributed by atoms with van der Waals surface area (Å²) in [5.74, 6) is 1.80. The van der Waals surface area contributed by atoms with Crippen molar-refractivity contribution < 1.29 is 0 Å². The van der Waals surface area contributed by atoms with Crippen LogP contribution in [0.4, 0.5) is 0 Å². The van der Waals surface area contributed by atoms with Crippen molar-refractivity contribution in [2.75, 3.05) is 19.6 Å². The molecule has 1 atom stereocenters. The van der Waals surface area contributed by atoms with Gasteiger partial charge in [0.2, 0.25) is 0 Å². The molecular formula is C20H26N6. The SMILES string of the molecule is c1ccc2[nH]c(CC3CCCN(Cc4cc5n(n4)CCNC5)C3)nc2c1. The minimum atomic E-state index is 0.670. The Hall–Kier alpha value is -2.18. The summed E-state index contributed by atoms with van der Waals surface area (Å²) in [5, 5.41) is 8.22. The third-order valence-corrected chi connectivity index (χ3v) is 5.63. The first-order valence-electron chi connectivity index (χ1n) is 9.76. The molecule has 1 unspecified atom stereocenters. The lowest BCUT2D eigenvalue weighted by atomic mass is 9.94. The fourth-order valence-electron chi connectivity index (χ4n) is 4.40. The van der Waals surface area contributed by atoms with Crippen LogP contribution in [-0.4, -0.2) is 44.3 Å². The smallest absolute Gasteiger partial charge is 0.107 e. The first-order valence-corrected chi connectivity index (χ1v) is 9.76. The van der Waals surface area contributed by atoms with Crippen molar-refractivity contribution in [3.05, 3.63) is 47.5 Å². The van der Waals surface area contributed by atoms with Gasteiger partial charge in [0, 0.05) is 32.6 Å². The Labute approximate surface area is 153 Å². The molecule has 26 heavy (non-hydrogen) atoms. The Bertz CT molecular complexity index is 838. The highest BCUT2D eigenvalue weighted by Gasteiger charge is 2.22. The lowest BCUT2D eigenvalue weighted by Crippen LogP contribution is -2.36. The van der Waals surface area contributed by atoms with Gasteiger partial charge in [0.1, 0.15) is 5.82 Å². The van der Waals surface area contributed by atoms with Crippen LogP contribution in [0, 0.1) is 5.92 Å². The third-order valence-electron chi connectivity index (χ3n) is 5.63. The number of hydrogen-bond donors (Lipinski definition) is 2. The second-order valence-electron chi connectivity index (χ2n) is 7.68. The van der Waals surface area contributed by atoms with Crippen LogP contribution >= 0.6 is 0 Å². The summed E-state index contributed by atoms with van der Waals surface area (Å²) in [6.45, 7) is 6.24. The Balaban J connectivity index is 1.24. The van der Waals surface area contributed by atoms with Crippen molar-refractivity contribution in [1.29, 1.82) is 0 Å². The number of imidazole rings is 1. The first-order chi connectivity index (χ1) is 12.8. The molecule has 0 radical (unpaired) electrons. The largest absolute Gasteiger partial charge is 0.342 e. The normalized spacial score (nSPS) is 21.2. The van der Waals surface area contributed by atoms with Crippen LogP contribution in [0.25, 0.3) is 11.0 Å². The standard InChI is InChI=1S/C20H26N6/c1-2-6-19-18(5-1)22-20(23-19)10-15-4-3-8-25(13-15)14-16-11-17-12-21-7-9-26(17)24-16/h1-2,5-6,11,15,21H,3-4,7-10,12-14H2,(H,22,23). The number of likely N-dealkylation sites (tertiary alicyclic amines) is 1. The molecule has 0 bridgehead atoms. The van der Waals surface area contributed by atoms with Crippen molar-refractivity contribution in [2.24, 2.45) is 5.92 Å². The molecule has 6 heteroatoms. The topological polar surface area (TPSA) is 61.8 Å². The van der Waals surface area contributed by atoms with Gasteiger partial charge in [0.25, 0.3) is 0 Å². The van der Waals surface area contributed by atoms with Crippen LogP contribution in [-0.2, 0) is 26.1 Å². The Kier molecular flexibility index (Phi) is 4.22. The molecular weight excluding hydrogens is 324 g/mol. The van der Waals surface area contributed by atoms with Crippen LogP contribution in [0.3, 0.4) is 0 Å². The number of aromatic nitrogens is 4. The first kappa shape index (κ1) is 16.0. The maximum atomic E-state index is 4.80. The van der Waals surface area contributed by atoms with E-state index in [1.165, 1.54) is 30.8 Å². The molecule has 2 aliphatic rings. The van der Waals surface area contributed by atoms with Crippen LogP contribution in [0.1, 0.15) is 30.1 Å². The number of rotatable bonds is 4. The Morgan fingerprint density at radius 3 is 3.08 bits per heavy atom. The molecule has 1 fully saturated rings. The summed E-state index contributed by atoms with van der Waals surface area (Å²) in [6.07, 6.45) is 3.59. The van der Waals surface area contributed by atoms with E-state index < -0.39 is 0 Å². The van der Waals surface area contributed by atoms with E-state index in [-0.39, 0.29) is 0 Å². The van der Waals surface area contributed by atoms with E-state index >= 15 is 0 Å². The zero-order valence-corrected chi connectivity index (χ0v) is 15.1. The fourth-order valence-corrected chi connectivity index (χ4v) is 4.40. The number of nitrogens with one attached hydrogen (secondary N) is 2. The molecule has 0 amide bonds. The number of H-pyrrole nitrogens is 1. The lowest BCUT2D eigenvalue weighted by molar-refractivity contribution is 0.164. The molecule has 2 aromatic heterocycles. The zero-order valence-electron chi connectivity index (χ0n) is 15.1. The molecule has 6 nitrogen and oxygen atoms in total. The molecule has 5 rings (SSSR count). The summed E-state index contributed by atoms with van der Waals surface area (Å²) >= 11 is 0. The van der Waals surface area contributed by atoms with Gasteiger partial charge in [0.15, 0.2) is 0 Å². The van der Waals surface area contributed by atoms with E-state index in [1.807, 2.05) is 0 Å². The fraction of sp³-hybridized carbons (Fsp3) is 0.500. The van der Waals surface area contributed by atoms with Gasteiger partial charge in [-0.2, -0.15) is 5.10 Å². The minimum Gasteiger partial charge on any atom is -0.342 e. The number of benzene rings is 1. The number of fused-ring (bicyclic) bond motifs is 2. The molecule has 0 saturated carbocycles. The van der Waals surface area contributed by atoms with Gasteiger partial charge in [0.05, 0.1) is 29.0 Å². The summed E-state index contributed by atoms with van der Waals surface area (Å²) in [4.78, 5) is 10.8. The second kappa shape index (κ2) is 6.85. The third kappa shape index (κ3) is 3.27. The van der Waals surface area contributed by atoms with Crippen molar-refractivity contribution >= 4 is 11.0 Å². The number of aromatic amines is 1. The van der Waals surface area contributed by atoms with Gasteiger partial charge >= 0.3 is 0 Å². The highest BCUT2D eigenvalue weighted by Crippen LogP contribution is 2.23. The van der Waals surface area contributed by atoms with E-state index in [4.69, 9.17) is 10.1 Å². The average Bonchev–Trinajstić information content (AvgIpc) is 3.24. The van der Waals surface area contributed by atoms with Gasteiger partial charge in [-0.3, -0.25) is 9.58 Å². The van der Waals surface area contributed by atoms with Gasteiger partial charge < -0.3 is 10.3 Å². The van der Waals surface area contributed by atoms with E-state index in [0.29, 0.717) is 5.92 Å². The minimum absolute atomic E-state index is 0.670. The van der Waals surface area contributed by atoms with Crippen LogP contribution in [0.5, 0.6) is 0 Å². The predicted molar refractivity (Wildman–Crippen MR) is 102 cm³/mol. The van der Waals surface area contributed by atoms with E-state index in [2.05, 4.69) is 50.2 Å². The highest BCUT2D eigenvalue weighted by molar-refractivity contribution is 5.74. The Morgan fingerprint density at radius 1 is 1.19 bits per heavy atom. The molecule has 4 heterocycles. The molecule has 3 aromatic rings. The van der Waals surface area contributed by atoms with Crippen molar-refractivity contribution in [2.45, 2.75) is 38.9 Å². The van der Waals surface area contributed by atoms with E-state index in [0.717, 1.165) is 56.0 Å². The average molecular weight is 350 g/mol. The maximum Gasteiger partial charge on any atom is 0.107 e. The molecule has 1 aromatic carbocycles. The molecule has 0 aliphatic carbocycles. The van der Waals surface area contributed by atoms with Crippen molar-refractivity contribution in [3.63, 3.8) is 0 Å². The molecule has 2 aliphatic heterocycles. The summed E-state index contributed by atoms with van der Waals surface area (Å²) in [7, 11) is 0. The Morgan fingerprint density at radius 2 is 2.15 bits per heavy atom. The van der Waals surface area contributed by atoms with E-state index in [9.17, 15) is 0 Å². The molecule has 1 saturated heterocycles. The van der Waals surface area contributed by atoms with Crippen LogP contribution in [0.2, 0.25) is 0 Å². The number of piperidine rings is 1. The molecule has 0 spiro atoms. The van der Waals surface area contributed by atoms with Gasteiger partial charge in [-0.25, -0.2) is 4.98 Å². The van der Waals surface area contributed by atoms with Crippen LogP contribution in [0.15, 0.2) is 30.3 Å². The van der Waals surface area contributed by atoms with Gasteiger partial charge in [-0.05, 0) is 43.5 Å². The lowest BCUT2D eigenvalue weighted by Gasteiger charge is -2.31. The quantitative estimate of drug-likeness (QED) is 0.758. The summed E-state index contributed by atoms with van der Waals surface area (Å²) in [6, 6.07) is 10.6. The van der Waals surface area contributed by atoms with E-state index in [1.54, 1.807) is 0 Å². The second-order valence-corrected chi connectivity index (χ2v) is 7.68. The van der Waals surface area contributed by atoms with Gasteiger partial charge in [-0.15, -0.1) is 0 Å². The number of nitrogens with zero attached hydrogens (tertiary/aromatic N) is 4. The summed E-state index contributed by atoms with van der Waals surface area (Å²) < 4.78 is 2.17. The van der Waals surface area contributed by atoms with Gasteiger partial charge in [-0.1, -0.05) is 12.1 Å². The zero-order chi connectivity index (χ0) is 17.3. The van der Waals surface area contributed by atoms with Crippen LogP contribution < -0.4 is 5.32 Å². The monoisotopic (exact) mass is 350 g/mol.